The average Bonchev–Trinajstić information content (AvgIpc) is 3.48. The van der Waals surface area contributed by atoms with Crippen molar-refractivity contribution in [2.75, 3.05) is 13.2 Å². The Labute approximate surface area is 212 Å². The smallest absolute Gasteiger partial charge is 0.258 e. The molecule has 2 atom stereocenters. The number of halogens is 2. The van der Waals surface area contributed by atoms with Crippen molar-refractivity contribution in [1.29, 1.82) is 0 Å². The lowest BCUT2D eigenvalue weighted by Crippen LogP contribution is -2.42. The van der Waals surface area contributed by atoms with E-state index >= 15 is 0 Å². The van der Waals surface area contributed by atoms with Crippen molar-refractivity contribution in [3.8, 4) is 5.75 Å². The van der Waals surface area contributed by atoms with Crippen LogP contribution in [-0.2, 0) is 13.1 Å². The number of carbonyl (C=O) groups is 1. The number of hydrogen-bond donors (Lipinski definition) is 1. The Balaban J connectivity index is 1.23. The average molecular weight is 512 g/mol. The molecule has 2 aromatic heterocycles. The fourth-order valence-electron chi connectivity index (χ4n) is 5.70. The molecule has 3 aliphatic rings. The summed E-state index contributed by atoms with van der Waals surface area (Å²) in [6, 6.07) is 4.35. The molecule has 8 nitrogen and oxygen atoms in total. The molecule has 3 aliphatic heterocycles. The van der Waals surface area contributed by atoms with Gasteiger partial charge in [0.2, 0.25) is 0 Å². The molecule has 36 heavy (non-hydrogen) atoms. The third-order valence-corrected chi connectivity index (χ3v) is 8.01. The standard InChI is InChI=1S/C26H27ClFN5O3/c1-14-24(27)15(2)33-25(29-14)21-12-31(13-22(21)30-33)26(35)20-6-3-16(28)9-23(20)36-19-10-17-4-5-18(11-19)32(17)7-8-34/h3-4,6,9,18-19,34H,5,7-8,10-13H2,1-2H3/t18-,19-/m1/s1. The summed E-state index contributed by atoms with van der Waals surface area (Å²) in [4.78, 5) is 22.1. The van der Waals surface area contributed by atoms with E-state index in [0.717, 1.165) is 41.2 Å². The van der Waals surface area contributed by atoms with E-state index in [9.17, 15) is 14.3 Å². The number of aromatic nitrogens is 3. The van der Waals surface area contributed by atoms with Gasteiger partial charge in [-0.1, -0.05) is 17.7 Å². The molecular weight excluding hydrogens is 485 g/mol. The highest BCUT2D eigenvalue weighted by atomic mass is 35.5. The lowest BCUT2D eigenvalue weighted by atomic mass is 10.0. The number of amides is 1. The maximum absolute atomic E-state index is 14.2. The van der Waals surface area contributed by atoms with Crippen LogP contribution in [0.4, 0.5) is 4.39 Å². The first-order chi connectivity index (χ1) is 17.3. The number of ether oxygens (including phenoxy) is 1. The number of rotatable bonds is 5. The first-order valence-electron chi connectivity index (χ1n) is 12.2. The van der Waals surface area contributed by atoms with Crippen LogP contribution in [0.5, 0.6) is 5.75 Å². The van der Waals surface area contributed by atoms with Crippen LogP contribution >= 0.6 is 11.6 Å². The molecule has 5 heterocycles. The summed E-state index contributed by atoms with van der Waals surface area (Å²) in [6.07, 6.45) is 4.36. The Hall–Kier alpha value is -3.17. The van der Waals surface area contributed by atoms with Crippen molar-refractivity contribution >= 4 is 23.2 Å². The molecule has 10 heteroatoms. The summed E-state index contributed by atoms with van der Waals surface area (Å²) in [5, 5.41) is 14.6. The number of nitrogens with zero attached hydrogens (tertiary/aromatic N) is 5. The predicted octanol–water partition coefficient (Wildman–Crippen LogP) is 3.79. The van der Waals surface area contributed by atoms with Crippen LogP contribution in [0, 0.1) is 19.7 Å². The Kier molecular flexibility index (Phi) is 5.64. The molecular formula is C26H27ClFN5O3. The van der Waals surface area contributed by atoms with Crippen LogP contribution in [-0.4, -0.2) is 60.7 Å². The molecule has 1 aromatic carbocycles. The van der Waals surface area contributed by atoms with E-state index < -0.39 is 5.82 Å². The Morgan fingerprint density at radius 2 is 2.14 bits per heavy atom. The van der Waals surface area contributed by atoms with Crippen LogP contribution in [0.25, 0.3) is 5.65 Å². The van der Waals surface area contributed by atoms with Crippen LogP contribution in [0.3, 0.4) is 0 Å². The molecule has 188 valence electrons. The summed E-state index contributed by atoms with van der Waals surface area (Å²) in [6.45, 7) is 5.15. The zero-order valence-electron chi connectivity index (χ0n) is 20.2. The highest BCUT2D eigenvalue weighted by Gasteiger charge is 2.37. The van der Waals surface area contributed by atoms with E-state index in [4.69, 9.17) is 16.3 Å². The fourth-order valence-corrected chi connectivity index (χ4v) is 5.82. The Morgan fingerprint density at radius 3 is 2.92 bits per heavy atom. The molecule has 1 fully saturated rings. The number of benzene rings is 1. The van der Waals surface area contributed by atoms with Crippen molar-refractivity contribution in [2.45, 2.75) is 58.3 Å². The van der Waals surface area contributed by atoms with Crippen molar-refractivity contribution in [2.24, 2.45) is 0 Å². The summed E-state index contributed by atoms with van der Waals surface area (Å²) in [5.41, 5.74) is 5.40. The van der Waals surface area contributed by atoms with Crippen LogP contribution in [0.2, 0.25) is 5.02 Å². The van der Waals surface area contributed by atoms with Gasteiger partial charge in [-0.25, -0.2) is 13.9 Å². The van der Waals surface area contributed by atoms with E-state index in [1.807, 2.05) is 13.8 Å². The normalized spacial score (nSPS) is 20.8. The van der Waals surface area contributed by atoms with E-state index in [1.54, 1.807) is 9.42 Å². The Morgan fingerprint density at radius 1 is 1.31 bits per heavy atom. The second-order valence-electron chi connectivity index (χ2n) is 9.74. The van der Waals surface area contributed by atoms with Gasteiger partial charge in [-0.3, -0.25) is 4.79 Å². The quantitative estimate of drug-likeness (QED) is 0.561. The molecule has 1 saturated heterocycles. The molecule has 1 N–H and O–H groups in total. The molecule has 1 amide bonds. The van der Waals surface area contributed by atoms with Crippen molar-refractivity contribution in [3.63, 3.8) is 0 Å². The third kappa shape index (κ3) is 3.72. The fraction of sp³-hybridized carbons (Fsp3) is 0.423. The molecule has 0 aliphatic carbocycles. The SMILES string of the molecule is Cc1nc2c3c(nn2c(C)c1Cl)CN(C(=O)c1ccc(F)cc1O[C@@H]1CC2=CC[C@H](C1)N2CCO)C3. The van der Waals surface area contributed by atoms with Gasteiger partial charge in [0.05, 0.1) is 47.4 Å². The molecule has 0 spiro atoms. The second-order valence-corrected chi connectivity index (χ2v) is 10.1. The van der Waals surface area contributed by atoms with Crippen molar-refractivity contribution < 1.29 is 19.0 Å². The van der Waals surface area contributed by atoms with Gasteiger partial charge in [-0.2, -0.15) is 5.10 Å². The Bertz CT molecular complexity index is 1420. The summed E-state index contributed by atoms with van der Waals surface area (Å²) in [7, 11) is 0. The third-order valence-electron chi connectivity index (χ3n) is 7.46. The van der Waals surface area contributed by atoms with Gasteiger partial charge < -0.3 is 19.6 Å². The zero-order valence-corrected chi connectivity index (χ0v) is 20.9. The van der Waals surface area contributed by atoms with Gasteiger partial charge in [0, 0.05) is 42.8 Å². The topological polar surface area (TPSA) is 83.2 Å². The van der Waals surface area contributed by atoms with Crippen LogP contribution in [0.1, 0.15) is 52.3 Å². The maximum Gasteiger partial charge on any atom is 0.258 e. The van der Waals surface area contributed by atoms with Gasteiger partial charge in [0.1, 0.15) is 17.7 Å². The van der Waals surface area contributed by atoms with E-state index in [2.05, 4.69) is 21.1 Å². The highest BCUT2D eigenvalue weighted by Crippen LogP contribution is 2.37. The van der Waals surface area contributed by atoms with Crippen molar-refractivity contribution in [1.82, 2.24) is 24.4 Å². The lowest BCUT2D eigenvalue weighted by molar-refractivity contribution is 0.0722. The molecule has 3 aromatic rings. The van der Waals surface area contributed by atoms with E-state index in [-0.39, 0.29) is 30.4 Å². The first-order valence-corrected chi connectivity index (χ1v) is 12.6. The largest absolute Gasteiger partial charge is 0.489 e. The first kappa shape index (κ1) is 23.2. The monoisotopic (exact) mass is 511 g/mol. The van der Waals surface area contributed by atoms with Gasteiger partial charge in [-0.05, 0) is 32.4 Å². The highest BCUT2D eigenvalue weighted by molar-refractivity contribution is 6.31. The molecule has 6 rings (SSSR count). The van der Waals surface area contributed by atoms with Crippen LogP contribution in [0.15, 0.2) is 30.0 Å². The maximum atomic E-state index is 14.2. The van der Waals surface area contributed by atoms with Gasteiger partial charge in [0.25, 0.3) is 5.91 Å². The number of fused-ring (bicyclic) bond motifs is 5. The summed E-state index contributed by atoms with van der Waals surface area (Å²) in [5.74, 6) is -0.421. The predicted molar refractivity (Wildman–Crippen MR) is 131 cm³/mol. The second kappa shape index (κ2) is 8.74. The van der Waals surface area contributed by atoms with Gasteiger partial charge in [-0.15, -0.1) is 0 Å². The number of aliphatic hydroxyl groups is 1. The number of aliphatic hydroxyl groups excluding tert-OH is 1. The number of hydrogen-bond acceptors (Lipinski definition) is 6. The van der Waals surface area contributed by atoms with E-state index in [0.29, 0.717) is 42.3 Å². The minimum atomic E-state index is -0.448. The minimum Gasteiger partial charge on any atom is -0.489 e. The molecule has 0 saturated carbocycles. The lowest BCUT2D eigenvalue weighted by Gasteiger charge is -2.38. The van der Waals surface area contributed by atoms with Crippen LogP contribution < -0.4 is 4.74 Å². The summed E-state index contributed by atoms with van der Waals surface area (Å²) < 4.78 is 22.2. The molecule has 2 bridgehead atoms. The zero-order chi connectivity index (χ0) is 25.1. The van der Waals surface area contributed by atoms with Gasteiger partial charge in [0.15, 0.2) is 5.65 Å². The molecule has 0 radical (unpaired) electrons. The number of carbonyl (C=O) groups excluding carboxylic acids is 1. The van der Waals surface area contributed by atoms with Gasteiger partial charge >= 0.3 is 0 Å². The number of aryl methyl sites for hydroxylation is 2. The van der Waals surface area contributed by atoms with Crippen molar-refractivity contribution in [3.05, 3.63) is 69.0 Å². The summed E-state index contributed by atoms with van der Waals surface area (Å²) >= 11 is 6.34. The molecule has 0 unspecified atom stereocenters. The number of piperidine rings is 1. The minimum absolute atomic E-state index is 0.104. The van der Waals surface area contributed by atoms with E-state index in [1.165, 1.54) is 18.2 Å².